The van der Waals surface area contributed by atoms with Crippen LogP contribution in [0.1, 0.15) is 136 Å². The Morgan fingerprint density at radius 3 is 1.13 bits per heavy atom. The molecule has 0 fully saturated rings. The minimum Gasteiger partial charge on any atom is -0.870 e. The Balaban J connectivity index is 0.00000113. The quantitative estimate of drug-likeness (QED) is 0.0162. The first kappa shape index (κ1) is 77.3. The van der Waals surface area contributed by atoms with Crippen molar-refractivity contribution < 1.29 is 98.3 Å². The molecule has 0 atom stereocenters. The molecule has 28 heteroatoms. The van der Waals surface area contributed by atoms with Gasteiger partial charge in [0.15, 0.2) is 34.9 Å². The van der Waals surface area contributed by atoms with Gasteiger partial charge in [-0.15, -0.1) is 0 Å². The molecule has 84 heavy (non-hydrogen) atoms. The van der Waals surface area contributed by atoms with E-state index in [4.69, 9.17) is 20.3 Å². The summed E-state index contributed by atoms with van der Waals surface area (Å²) in [6.45, 7) is 12.0. The number of aromatic nitrogens is 6. The monoisotopic (exact) mass is 1300 g/mol. The number of benzene rings is 3. The van der Waals surface area contributed by atoms with Gasteiger partial charge >= 0.3 is 36.8 Å². The van der Waals surface area contributed by atoms with Gasteiger partial charge in [0.25, 0.3) is 0 Å². The average Bonchev–Trinajstić information content (AvgIpc) is 3.62. The van der Waals surface area contributed by atoms with Gasteiger partial charge in [0.1, 0.15) is 34.9 Å². The molecule has 6 rings (SSSR count). The van der Waals surface area contributed by atoms with Crippen LogP contribution < -0.4 is 35.2 Å². The molecule has 0 aliphatic carbocycles. The maximum atomic E-state index is 13.9. The van der Waals surface area contributed by atoms with E-state index in [1.54, 1.807) is 41.2 Å². The van der Waals surface area contributed by atoms with Crippen LogP contribution in [-0.2, 0) is 40.1 Å². The molecule has 3 heterocycles. The Kier molecular flexibility index (Phi) is 34.0. The molecular formula is C56H68F9ILiN9O8. The number of halogens is 10. The number of carboxylic acids is 1. The van der Waals surface area contributed by atoms with Gasteiger partial charge < -0.3 is 41.9 Å². The smallest absolute Gasteiger partial charge is 0.870 e. The van der Waals surface area contributed by atoms with E-state index < -0.39 is 69.2 Å². The molecule has 0 radical (unpaired) electrons. The van der Waals surface area contributed by atoms with Gasteiger partial charge in [-0.1, -0.05) is 41.5 Å². The third-order valence-corrected chi connectivity index (χ3v) is 14.8. The van der Waals surface area contributed by atoms with Crippen LogP contribution in [0.3, 0.4) is 0 Å². The number of nitrogens with two attached hydrogens (primary N) is 1. The third kappa shape index (κ3) is 22.1. The van der Waals surface area contributed by atoms with Crippen LogP contribution in [0.2, 0.25) is 0 Å². The molecule has 0 unspecified atom stereocenters. The fourth-order valence-electron chi connectivity index (χ4n) is 8.53. The van der Waals surface area contributed by atoms with E-state index in [9.17, 15) is 53.9 Å². The molecule has 8 N–H and O–H groups in total. The second kappa shape index (κ2) is 36.9. The van der Waals surface area contributed by atoms with Crippen LogP contribution in [0.15, 0.2) is 73.6 Å². The van der Waals surface area contributed by atoms with Crippen LogP contribution in [0.5, 0.6) is 0 Å². The summed E-state index contributed by atoms with van der Waals surface area (Å²) in [6, 6.07) is 3.68. The Bertz CT molecular complexity index is 3010. The largest absolute Gasteiger partial charge is 1.00 e. The molecule has 0 bridgehead atoms. The van der Waals surface area contributed by atoms with Crippen molar-refractivity contribution in [2.45, 2.75) is 135 Å². The number of ether oxygens (including phenoxy) is 2. The zero-order chi connectivity index (χ0) is 60.7. The maximum Gasteiger partial charge on any atom is 1.00 e. The number of carboxylic acid groups (broad SMARTS) is 1. The summed E-state index contributed by atoms with van der Waals surface area (Å²) in [5.74, 6) is -10.4. The normalized spacial score (nSPS) is 10.8. The first-order valence-electron chi connectivity index (χ1n) is 25.6. The maximum absolute atomic E-state index is 13.9. The number of aliphatic carboxylic acids is 1. The molecule has 3 aromatic carbocycles. The number of carbonyl (C=O) groups is 3. The van der Waals surface area contributed by atoms with Crippen LogP contribution in [-0.4, -0.2) is 78.1 Å². The van der Waals surface area contributed by atoms with Crippen molar-refractivity contribution in [3.05, 3.63) is 147 Å². The zero-order valence-electron chi connectivity index (χ0n) is 47.9. The second-order valence-corrected chi connectivity index (χ2v) is 19.5. The van der Waals surface area contributed by atoms with Crippen molar-refractivity contribution in [1.29, 1.82) is 0 Å². The van der Waals surface area contributed by atoms with Gasteiger partial charge in [-0.25, -0.2) is 54.5 Å². The summed E-state index contributed by atoms with van der Waals surface area (Å²) in [5, 5.41) is 14.2. The molecule has 6 aromatic rings. The van der Waals surface area contributed by atoms with Crippen molar-refractivity contribution >= 4 is 69.3 Å². The summed E-state index contributed by atoms with van der Waals surface area (Å²) < 4.78 is 127. The summed E-state index contributed by atoms with van der Waals surface area (Å²) in [6.07, 6.45) is 15.8. The van der Waals surface area contributed by atoms with Gasteiger partial charge in [0, 0.05) is 84.4 Å². The number of methoxy groups -OCH3 is 2. The Morgan fingerprint density at radius 2 is 0.810 bits per heavy atom. The number of esters is 2. The molecule has 456 valence electrons. The molecule has 0 amide bonds. The van der Waals surface area contributed by atoms with Gasteiger partial charge in [-0.05, 0) is 86.4 Å². The number of hydrogen-bond acceptors (Lipinski definition) is 15. The molecule has 0 aliphatic heterocycles. The molecule has 3 aromatic heterocycles. The number of anilines is 5. The van der Waals surface area contributed by atoms with Crippen LogP contribution in [0.4, 0.5) is 68.3 Å². The molecule has 0 aliphatic rings. The van der Waals surface area contributed by atoms with E-state index >= 15 is 0 Å². The van der Waals surface area contributed by atoms with Crippen LogP contribution >= 0.6 is 22.6 Å². The first-order valence-corrected chi connectivity index (χ1v) is 26.6. The van der Waals surface area contributed by atoms with E-state index in [2.05, 4.69) is 54.4 Å². The molecule has 0 saturated carbocycles. The van der Waals surface area contributed by atoms with E-state index in [1.807, 2.05) is 27.7 Å². The Labute approximate surface area is 506 Å². The fourth-order valence-corrected chi connectivity index (χ4v) is 8.95. The fraction of sp³-hybridized carbons (Fsp3) is 0.411. The number of hydrogen-bond donors (Lipinski definition) is 4. The van der Waals surface area contributed by atoms with Crippen molar-refractivity contribution in [2.75, 3.05) is 30.6 Å². The van der Waals surface area contributed by atoms with E-state index in [1.165, 1.54) is 32.8 Å². The van der Waals surface area contributed by atoms with Crippen molar-refractivity contribution in [3.63, 3.8) is 0 Å². The number of nitrogens with one attached hydrogen (secondary N) is 2. The van der Waals surface area contributed by atoms with Crippen molar-refractivity contribution in [3.8, 4) is 0 Å². The molecule has 17 nitrogen and oxygen atoms in total. The van der Waals surface area contributed by atoms with Crippen molar-refractivity contribution in [1.82, 2.24) is 29.9 Å². The Morgan fingerprint density at radius 1 is 0.500 bits per heavy atom. The number of nitrogen functional groups attached to an aromatic ring is 1. The second-order valence-electron chi connectivity index (χ2n) is 18.3. The number of nitrogens with zero attached hydrogens (tertiary/aromatic N) is 6. The predicted octanol–water partition coefficient (Wildman–Crippen LogP) is 9.99. The summed E-state index contributed by atoms with van der Waals surface area (Å²) in [7, 11) is 2.74. The van der Waals surface area contributed by atoms with Gasteiger partial charge in [0.2, 0.25) is 0 Å². The van der Waals surface area contributed by atoms with Gasteiger partial charge in [0.05, 0.1) is 64.8 Å². The average molecular weight is 1300 g/mol. The molecule has 0 spiro atoms. The van der Waals surface area contributed by atoms with E-state index in [-0.39, 0.29) is 86.6 Å². The standard InChI is InChI=1S/C19H22F3N3O2.C18H20F3N3O2.C13H21N3O2.C6H2F3I.Li.2H2O/c1-4-19(5-2,7-6-18(26)27-3)16-10-23-11-17(25-16)24-15-9-13(21)12(20)8-14(15)22;1-3-18(4-2,6-5-17(25)26)15-9-22-10-16(24-15)23-14-8-12(20)11(19)7-13(14)21;1-4-13(5-2,7-6-12(17)18-3)10-8-15-9-11(14)16-10;7-3-1-5(9)6(10)2-4(3)8;;;/h8-11H,4-7H2,1-3H3,(H,24,25);7-10H,3-6H2,1-2H3,(H,23,24)(H,25,26);8-9H,4-7H2,1-3H3,(H2,14,16);1-2H;;2*1H2/q;;;;+1;;/p-1. The Hall–Kier alpha value is -6.67. The van der Waals surface area contributed by atoms with Gasteiger partial charge in [-0.3, -0.25) is 29.3 Å². The van der Waals surface area contributed by atoms with Gasteiger partial charge in [-0.2, -0.15) is 0 Å². The van der Waals surface area contributed by atoms with Crippen LogP contribution in [0.25, 0.3) is 0 Å². The van der Waals surface area contributed by atoms with Crippen LogP contribution in [0, 0.1) is 55.9 Å². The minimum atomic E-state index is -1.28. The molecule has 0 saturated heterocycles. The van der Waals surface area contributed by atoms with E-state index in [0.29, 0.717) is 92.8 Å². The SMILES string of the molecule is CCC(CC)(CCC(=O)O)c1cncc(Nc2cc(F)c(F)cc2F)n1.CCC(CC)(CCC(=O)OC)c1cncc(N)n1.CCC(CC)(CCC(=O)OC)c1cncc(Nc2cc(F)c(F)cc2F)n1.Fc1cc(F)c(I)cc1F.O.[Li+].[OH-]. The molecular weight excluding hydrogens is 1230 g/mol. The predicted molar refractivity (Wildman–Crippen MR) is 300 cm³/mol. The third-order valence-electron chi connectivity index (χ3n) is 14.0. The summed E-state index contributed by atoms with van der Waals surface area (Å²) in [4.78, 5) is 59.3. The minimum absolute atomic E-state index is 0. The number of rotatable bonds is 22. The zero-order valence-corrected chi connectivity index (χ0v) is 50.0. The summed E-state index contributed by atoms with van der Waals surface area (Å²) >= 11 is 1.58. The van der Waals surface area contributed by atoms with Crippen molar-refractivity contribution in [2.24, 2.45) is 0 Å². The van der Waals surface area contributed by atoms with E-state index in [0.717, 1.165) is 30.7 Å². The number of carbonyl (C=O) groups excluding carboxylic acids is 2. The first-order chi connectivity index (χ1) is 38.3. The summed E-state index contributed by atoms with van der Waals surface area (Å²) in [5.41, 5.74) is 6.17. The topological polar surface area (TPSA) is 279 Å².